The Hall–Kier alpha value is -0.0800. The van der Waals surface area contributed by atoms with Crippen molar-refractivity contribution in [1.82, 2.24) is 0 Å². The summed E-state index contributed by atoms with van der Waals surface area (Å²) in [6, 6.07) is 8.43. The molecule has 0 fully saturated rings. The first-order valence-corrected chi connectivity index (χ1v) is 5.38. The summed E-state index contributed by atoms with van der Waals surface area (Å²) < 4.78 is 0. The van der Waals surface area contributed by atoms with Crippen molar-refractivity contribution in [2.75, 3.05) is 12.0 Å². The van der Waals surface area contributed by atoms with Crippen LogP contribution in [0, 0.1) is 0 Å². The highest BCUT2D eigenvalue weighted by molar-refractivity contribution is 7.98. The third-order valence-electron chi connectivity index (χ3n) is 1.56. The zero-order valence-corrected chi connectivity index (χ0v) is 8.17. The van der Waals surface area contributed by atoms with Gasteiger partial charge in [0.05, 0.1) is 0 Å². The fourth-order valence-electron chi connectivity index (χ4n) is 1.02. The van der Waals surface area contributed by atoms with E-state index in [-0.39, 0.29) is 0 Å². The lowest BCUT2D eigenvalue weighted by molar-refractivity contribution is 1.10. The van der Waals surface area contributed by atoms with E-state index in [1.54, 1.807) is 11.8 Å². The quantitative estimate of drug-likeness (QED) is 0.649. The summed E-state index contributed by atoms with van der Waals surface area (Å²) in [4.78, 5) is 1.36. The molecule has 0 aliphatic rings. The Morgan fingerprint density at radius 1 is 1.36 bits per heavy atom. The van der Waals surface area contributed by atoms with E-state index in [2.05, 4.69) is 30.5 Å². The molecule has 0 bridgehead atoms. The molecule has 59 valence electrons. The first-order chi connectivity index (χ1) is 5.38. The summed E-state index contributed by atoms with van der Waals surface area (Å²) in [6.45, 7) is 0. The number of hydrogen-bond donors (Lipinski definition) is 0. The van der Waals surface area contributed by atoms with E-state index in [1.165, 1.54) is 10.5 Å². The third kappa shape index (κ3) is 2.46. The SMILES string of the molecule is CSc1ccccc1CC[S]. The van der Waals surface area contributed by atoms with Crippen LogP contribution in [0.1, 0.15) is 5.56 Å². The summed E-state index contributed by atoms with van der Waals surface area (Å²) in [5.74, 6) is 0.817. The highest BCUT2D eigenvalue weighted by atomic mass is 32.2. The molecule has 1 aromatic rings. The molecule has 0 unspecified atom stereocenters. The molecular formula is C9H11S2. The first kappa shape index (κ1) is 9.01. The predicted octanol–water partition coefficient (Wildman–Crippen LogP) is 3.15. The molecule has 0 spiro atoms. The number of hydrogen-bond acceptors (Lipinski definition) is 1. The minimum Gasteiger partial charge on any atom is -0.129 e. The van der Waals surface area contributed by atoms with Gasteiger partial charge in [-0.3, -0.25) is 0 Å². The standard InChI is InChI=1S/C9H11S2/c1-11-9-5-3-2-4-8(9)6-7-10/h2-5H,6-7H2,1H3. The van der Waals surface area contributed by atoms with Crippen LogP contribution < -0.4 is 0 Å². The van der Waals surface area contributed by atoms with Gasteiger partial charge in [0.25, 0.3) is 0 Å². The van der Waals surface area contributed by atoms with E-state index in [1.807, 2.05) is 0 Å². The van der Waals surface area contributed by atoms with Crippen molar-refractivity contribution in [3.63, 3.8) is 0 Å². The van der Waals surface area contributed by atoms with E-state index in [9.17, 15) is 0 Å². The monoisotopic (exact) mass is 183 g/mol. The lowest BCUT2D eigenvalue weighted by Gasteiger charge is -2.03. The second kappa shape index (κ2) is 4.73. The van der Waals surface area contributed by atoms with Gasteiger partial charge in [-0.25, -0.2) is 0 Å². The van der Waals surface area contributed by atoms with Gasteiger partial charge < -0.3 is 0 Å². The maximum absolute atomic E-state index is 4.93. The molecule has 0 aliphatic heterocycles. The molecule has 0 heterocycles. The van der Waals surface area contributed by atoms with Crippen LogP contribution in [0.4, 0.5) is 0 Å². The fraction of sp³-hybridized carbons (Fsp3) is 0.333. The van der Waals surface area contributed by atoms with Crippen molar-refractivity contribution in [3.8, 4) is 0 Å². The molecule has 0 amide bonds. The molecule has 1 rings (SSSR count). The van der Waals surface area contributed by atoms with Gasteiger partial charge in [0.15, 0.2) is 0 Å². The summed E-state index contributed by atoms with van der Waals surface area (Å²) in [5, 5.41) is 0. The molecule has 0 aliphatic carbocycles. The Kier molecular flexibility index (Phi) is 3.87. The number of rotatable bonds is 3. The van der Waals surface area contributed by atoms with Crippen LogP contribution in [0.3, 0.4) is 0 Å². The highest BCUT2D eigenvalue weighted by Gasteiger charge is 1.97. The molecular weight excluding hydrogens is 172 g/mol. The Labute approximate surface area is 77.8 Å². The van der Waals surface area contributed by atoms with E-state index in [4.69, 9.17) is 12.6 Å². The van der Waals surface area contributed by atoms with Gasteiger partial charge in [-0.2, -0.15) is 0 Å². The lowest BCUT2D eigenvalue weighted by Crippen LogP contribution is -1.88. The molecule has 0 nitrogen and oxygen atoms in total. The van der Waals surface area contributed by atoms with Crippen LogP contribution >= 0.6 is 24.4 Å². The van der Waals surface area contributed by atoms with Crippen LogP contribution in [0.25, 0.3) is 0 Å². The van der Waals surface area contributed by atoms with Gasteiger partial charge in [0, 0.05) is 10.6 Å². The predicted molar refractivity (Wildman–Crippen MR) is 54.4 cm³/mol. The maximum atomic E-state index is 4.93. The maximum Gasteiger partial charge on any atom is 0.0101 e. The van der Waals surface area contributed by atoms with Crippen LogP contribution in [-0.4, -0.2) is 12.0 Å². The highest BCUT2D eigenvalue weighted by Crippen LogP contribution is 2.20. The zero-order chi connectivity index (χ0) is 8.10. The first-order valence-electron chi connectivity index (χ1n) is 3.58. The summed E-state index contributed by atoms with van der Waals surface area (Å²) in [6.07, 6.45) is 3.12. The fourth-order valence-corrected chi connectivity index (χ4v) is 1.89. The van der Waals surface area contributed by atoms with Gasteiger partial charge in [0.2, 0.25) is 0 Å². The smallest absolute Gasteiger partial charge is 0.0101 e. The average Bonchev–Trinajstić information content (AvgIpc) is 2.06. The van der Waals surface area contributed by atoms with Gasteiger partial charge in [-0.05, 0) is 24.3 Å². The van der Waals surface area contributed by atoms with Crippen LogP contribution in [-0.2, 0) is 6.42 Å². The second-order valence-electron chi connectivity index (χ2n) is 2.27. The summed E-state index contributed by atoms with van der Waals surface area (Å²) in [5.41, 5.74) is 1.38. The molecule has 1 radical (unpaired) electrons. The molecule has 0 aromatic heterocycles. The topological polar surface area (TPSA) is 0 Å². The zero-order valence-electron chi connectivity index (χ0n) is 6.54. The number of thioether (sulfide) groups is 1. The van der Waals surface area contributed by atoms with Crippen molar-refractivity contribution >= 4 is 24.4 Å². The average molecular weight is 183 g/mol. The Morgan fingerprint density at radius 3 is 2.73 bits per heavy atom. The lowest BCUT2D eigenvalue weighted by atomic mass is 10.2. The van der Waals surface area contributed by atoms with E-state index in [0.29, 0.717) is 0 Å². The summed E-state index contributed by atoms with van der Waals surface area (Å²) >= 11 is 6.72. The van der Waals surface area contributed by atoms with Gasteiger partial charge >= 0.3 is 0 Å². The van der Waals surface area contributed by atoms with Crippen molar-refractivity contribution in [3.05, 3.63) is 29.8 Å². The Morgan fingerprint density at radius 2 is 2.09 bits per heavy atom. The second-order valence-corrected chi connectivity index (χ2v) is 3.52. The van der Waals surface area contributed by atoms with E-state index >= 15 is 0 Å². The van der Waals surface area contributed by atoms with Gasteiger partial charge in [-0.1, -0.05) is 30.8 Å². The molecule has 1 aromatic carbocycles. The Bertz CT molecular complexity index is 221. The molecule has 0 N–H and O–H groups in total. The van der Waals surface area contributed by atoms with Crippen molar-refractivity contribution < 1.29 is 0 Å². The van der Waals surface area contributed by atoms with Crippen LogP contribution in [0.15, 0.2) is 29.2 Å². The Balaban J connectivity index is 2.83. The van der Waals surface area contributed by atoms with E-state index in [0.717, 1.165) is 12.2 Å². The van der Waals surface area contributed by atoms with Crippen LogP contribution in [0.2, 0.25) is 0 Å². The minimum absolute atomic E-state index is 0.817. The number of aryl methyl sites for hydroxylation is 1. The minimum atomic E-state index is 0.817. The van der Waals surface area contributed by atoms with Crippen molar-refractivity contribution in [1.29, 1.82) is 0 Å². The largest absolute Gasteiger partial charge is 0.129 e. The third-order valence-corrected chi connectivity index (χ3v) is 2.61. The van der Waals surface area contributed by atoms with Gasteiger partial charge in [0.1, 0.15) is 0 Å². The van der Waals surface area contributed by atoms with Crippen molar-refractivity contribution in [2.24, 2.45) is 0 Å². The number of benzene rings is 1. The molecule has 2 heteroatoms. The van der Waals surface area contributed by atoms with Gasteiger partial charge in [-0.15, -0.1) is 11.8 Å². The van der Waals surface area contributed by atoms with Crippen molar-refractivity contribution in [2.45, 2.75) is 11.3 Å². The summed E-state index contributed by atoms with van der Waals surface area (Å²) in [7, 11) is 0. The normalized spacial score (nSPS) is 10.0. The molecule has 0 atom stereocenters. The molecule has 0 saturated heterocycles. The molecule has 0 saturated carbocycles. The molecule has 11 heavy (non-hydrogen) atoms. The van der Waals surface area contributed by atoms with E-state index < -0.39 is 0 Å². The van der Waals surface area contributed by atoms with Crippen LogP contribution in [0.5, 0.6) is 0 Å².